The van der Waals surface area contributed by atoms with E-state index < -0.39 is 0 Å². The monoisotopic (exact) mass is 207 g/mol. The molecule has 0 bridgehead atoms. The van der Waals surface area contributed by atoms with E-state index in [0.717, 1.165) is 31.3 Å². The van der Waals surface area contributed by atoms with Gasteiger partial charge >= 0.3 is 0 Å². The lowest BCUT2D eigenvalue weighted by atomic mass is 10.1. The van der Waals surface area contributed by atoms with E-state index in [-0.39, 0.29) is 11.5 Å². The van der Waals surface area contributed by atoms with Gasteiger partial charge < -0.3 is 0 Å². The van der Waals surface area contributed by atoms with Gasteiger partial charge in [-0.15, -0.1) is 6.42 Å². The van der Waals surface area contributed by atoms with E-state index in [0.29, 0.717) is 0 Å². The van der Waals surface area contributed by atoms with E-state index in [1.165, 1.54) is 0 Å². The molecular weight excluding hydrogens is 190 g/mol. The molecule has 0 N–H and O–H groups in total. The second kappa shape index (κ2) is 9.01. The Balaban J connectivity index is 4.18. The first kappa shape index (κ1) is 13.4. The molecule has 0 aromatic heterocycles. The topological polar surface area (TPSA) is 43.1 Å². The summed E-state index contributed by atoms with van der Waals surface area (Å²) < 4.78 is 0. The van der Waals surface area contributed by atoms with Crippen molar-refractivity contribution < 1.29 is 4.92 Å². The lowest BCUT2D eigenvalue weighted by Crippen LogP contribution is -2.04. The van der Waals surface area contributed by atoms with Crippen LogP contribution in [0.2, 0.25) is 0 Å². The molecule has 0 rings (SSSR count). The van der Waals surface area contributed by atoms with Gasteiger partial charge in [-0.3, -0.25) is 10.1 Å². The fourth-order valence-corrected chi connectivity index (χ4v) is 1.22. The van der Waals surface area contributed by atoms with Gasteiger partial charge in [0.05, 0.1) is 0 Å². The number of nitro groups is 1. The molecule has 0 aliphatic rings. The van der Waals surface area contributed by atoms with Gasteiger partial charge in [-0.1, -0.05) is 37.8 Å². The quantitative estimate of drug-likeness (QED) is 0.212. The summed E-state index contributed by atoms with van der Waals surface area (Å²) in [7, 11) is 0. The van der Waals surface area contributed by atoms with Crippen LogP contribution in [0.5, 0.6) is 0 Å². The fraction of sp³-hybridized carbons (Fsp3) is 0.500. The third-order valence-electron chi connectivity index (χ3n) is 1.96. The smallest absolute Gasteiger partial charge is 0.225 e. The van der Waals surface area contributed by atoms with Crippen LogP contribution in [0.1, 0.15) is 32.6 Å². The molecule has 0 aromatic rings. The first-order valence-electron chi connectivity index (χ1n) is 5.13. The van der Waals surface area contributed by atoms with Crippen LogP contribution in [0.25, 0.3) is 0 Å². The third kappa shape index (κ3) is 8.76. The van der Waals surface area contributed by atoms with Gasteiger partial charge in [-0.05, 0) is 24.5 Å². The van der Waals surface area contributed by atoms with Crippen molar-refractivity contribution in [2.24, 2.45) is 0 Å². The predicted octanol–water partition coefficient (Wildman–Crippen LogP) is 2.96. The van der Waals surface area contributed by atoms with Crippen LogP contribution >= 0.6 is 0 Å². The molecule has 15 heavy (non-hydrogen) atoms. The molecule has 0 radical (unpaired) electrons. The number of rotatable bonds is 7. The number of hydrogen-bond donors (Lipinski definition) is 0. The highest BCUT2D eigenvalue weighted by molar-refractivity contribution is 5.19. The number of hydrogen-bond acceptors (Lipinski definition) is 2. The van der Waals surface area contributed by atoms with Crippen molar-refractivity contribution >= 4 is 0 Å². The summed E-state index contributed by atoms with van der Waals surface area (Å²) in [5, 5.41) is 10.4. The van der Waals surface area contributed by atoms with E-state index in [1.807, 2.05) is 0 Å². The van der Waals surface area contributed by atoms with Crippen molar-refractivity contribution in [1.29, 1.82) is 0 Å². The van der Waals surface area contributed by atoms with Gasteiger partial charge in [0.1, 0.15) is 0 Å². The van der Waals surface area contributed by atoms with Gasteiger partial charge in [0.15, 0.2) is 0 Å². The summed E-state index contributed by atoms with van der Waals surface area (Å²) >= 11 is 0. The van der Waals surface area contributed by atoms with Gasteiger partial charge in [-0.2, -0.15) is 0 Å². The van der Waals surface area contributed by atoms with Crippen LogP contribution in [-0.4, -0.2) is 11.5 Å². The zero-order valence-electron chi connectivity index (χ0n) is 9.11. The minimum Gasteiger partial charge on any atom is -0.264 e. The molecule has 0 unspecified atom stereocenters. The summed E-state index contributed by atoms with van der Waals surface area (Å²) in [6.45, 7) is 2.02. The SMILES string of the molecule is C#C/C=C\C=C(\CCCCC)C[N+](=O)[O-]. The molecule has 0 amide bonds. The highest BCUT2D eigenvalue weighted by Crippen LogP contribution is 2.09. The molecule has 3 heteroatoms. The Morgan fingerprint density at radius 1 is 1.53 bits per heavy atom. The Kier molecular flexibility index (Phi) is 8.08. The number of nitrogens with zero attached hydrogens (tertiary/aromatic N) is 1. The third-order valence-corrected chi connectivity index (χ3v) is 1.96. The van der Waals surface area contributed by atoms with Crippen LogP contribution in [0.15, 0.2) is 23.8 Å². The standard InChI is InChI=1S/C12H17NO2/c1-3-5-7-9-12(11-13(14)15)10-8-6-4-2/h1,5,7,9H,4,6,8,10-11H2,2H3/b7-5-,12-9-. The Morgan fingerprint density at radius 2 is 2.27 bits per heavy atom. The van der Waals surface area contributed by atoms with E-state index in [2.05, 4.69) is 12.8 Å². The average molecular weight is 207 g/mol. The average Bonchev–Trinajstić information content (AvgIpc) is 2.17. The fourth-order valence-electron chi connectivity index (χ4n) is 1.22. The second-order valence-corrected chi connectivity index (χ2v) is 3.30. The molecule has 0 spiro atoms. The minimum atomic E-state index is -0.304. The van der Waals surface area contributed by atoms with Crippen molar-refractivity contribution in [2.45, 2.75) is 32.6 Å². The number of unbranched alkanes of at least 4 members (excludes halogenated alkanes) is 2. The molecule has 0 fully saturated rings. The van der Waals surface area contributed by atoms with Crippen molar-refractivity contribution in [3.63, 3.8) is 0 Å². The molecule has 0 heterocycles. The second-order valence-electron chi connectivity index (χ2n) is 3.30. The zero-order chi connectivity index (χ0) is 11.5. The molecule has 0 aliphatic carbocycles. The molecule has 82 valence electrons. The Morgan fingerprint density at radius 3 is 2.80 bits per heavy atom. The minimum absolute atomic E-state index is 0.0847. The van der Waals surface area contributed by atoms with E-state index in [4.69, 9.17) is 6.42 Å². The molecular formula is C12H17NO2. The Bertz CT molecular complexity index is 284. The highest BCUT2D eigenvalue weighted by Gasteiger charge is 2.03. The first-order chi connectivity index (χ1) is 7.20. The first-order valence-corrected chi connectivity index (χ1v) is 5.13. The largest absolute Gasteiger partial charge is 0.264 e. The van der Waals surface area contributed by atoms with Gasteiger partial charge in [0.2, 0.25) is 6.54 Å². The maximum atomic E-state index is 10.4. The van der Waals surface area contributed by atoms with Crippen LogP contribution in [0.4, 0.5) is 0 Å². The van der Waals surface area contributed by atoms with Crippen molar-refractivity contribution in [2.75, 3.05) is 6.54 Å². The maximum absolute atomic E-state index is 10.4. The summed E-state index contributed by atoms with van der Waals surface area (Å²) in [6.07, 6.45) is 14.0. The molecule has 3 nitrogen and oxygen atoms in total. The summed E-state index contributed by atoms with van der Waals surface area (Å²) in [6, 6.07) is 0. The number of allylic oxidation sites excluding steroid dienone is 3. The summed E-state index contributed by atoms with van der Waals surface area (Å²) in [4.78, 5) is 10.1. The zero-order valence-corrected chi connectivity index (χ0v) is 9.11. The molecule has 0 saturated carbocycles. The summed E-state index contributed by atoms with van der Waals surface area (Å²) in [5.41, 5.74) is 0.833. The van der Waals surface area contributed by atoms with Crippen LogP contribution < -0.4 is 0 Å². The van der Waals surface area contributed by atoms with Gasteiger partial charge in [0, 0.05) is 4.92 Å². The van der Waals surface area contributed by atoms with Crippen LogP contribution in [0, 0.1) is 22.5 Å². The molecule has 0 saturated heterocycles. The van der Waals surface area contributed by atoms with E-state index >= 15 is 0 Å². The normalized spacial score (nSPS) is 11.6. The Hall–Kier alpha value is -1.56. The predicted molar refractivity (Wildman–Crippen MR) is 62.1 cm³/mol. The van der Waals surface area contributed by atoms with Crippen molar-refractivity contribution in [1.82, 2.24) is 0 Å². The van der Waals surface area contributed by atoms with Gasteiger partial charge in [-0.25, -0.2) is 0 Å². The lowest BCUT2D eigenvalue weighted by Gasteiger charge is -2.00. The van der Waals surface area contributed by atoms with Crippen molar-refractivity contribution in [3.8, 4) is 12.3 Å². The number of terminal acetylenes is 1. The van der Waals surface area contributed by atoms with Crippen LogP contribution in [0.3, 0.4) is 0 Å². The van der Waals surface area contributed by atoms with Gasteiger partial charge in [0.25, 0.3) is 0 Å². The Labute approximate surface area is 91.0 Å². The highest BCUT2D eigenvalue weighted by atomic mass is 16.6. The molecule has 0 atom stereocenters. The van der Waals surface area contributed by atoms with Crippen molar-refractivity contribution in [3.05, 3.63) is 33.9 Å². The van der Waals surface area contributed by atoms with E-state index in [9.17, 15) is 10.1 Å². The maximum Gasteiger partial charge on any atom is 0.225 e. The summed E-state index contributed by atoms with van der Waals surface area (Å²) in [5.74, 6) is 2.35. The van der Waals surface area contributed by atoms with E-state index in [1.54, 1.807) is 18.2 Å². The van der Waals surface area contributed by atoms with Crippen LogP contribution in [-0.2, 0) is 0 Å². The lowest BCUT2D eigenvalue weighted by molar-refractivity contribution is -0.471. The molecule has 0 aliphatic heterocycles. The molecule has 0 aromatic carbocycles.